The van der Waals surface area contributed by atoms with Gasteiger partial charge in [-0.15, -0.1) is 0 Å². The number of hydrogen-bond acceptors (Lipinski definition) is 3. The number of rotatable bonds is 5. The van der Waals surface area contributed by atoms with E-state index in [0.717, 1.165) is 18.4 Å². The quantitative estimate of drug-likeness (QED) is 0.569. The Balaban J connectivity index is 2.97. The fraction of sp³-hybridized carbons (Fsp3) is 0.429. The summed E-state index contributed by atoms with van der Waals surface area (Å²) in [7, 11) is 1.51. The third kappa shape index (κ3) is 4.46. The summed E-state index contributed by atoms with van der Waals surface area (Å²) < 4.78 is 5.55. The van der Waals surface area contributed by atoms with Crippen LogP contribution in [0, 0.1) is 0 Å². The maximum atomic E-state index is 11.9. The summed E-state index contributed by atoms with van der Waals surface area (Å²) in [5.74, 6) is 0.717. The highest BCUT2D eigenvalue weighted by Gasteiger charge is 2.12. The zero-order chi connectivity index (χ0) is 15.0. The molecule has 0 aliphatic heterocycles. The van der Waals surface area contributed by atoms with Crippen LogP contribution in [0.25, 0.3) is 0 Å². The van der Waals surface area contributed by atoms with Crippen LogP contribution in [-0.4, -0.2) is 25.6 Å². The topological polar surface area (TPSA) is 88.7 Å². The number of nitrogens with zero attached hydrogens (tertiary/aromatic N) is 1. The van der Waals surface area contributed by atoms with Crippen LogP contribution in [0.3, 0.4) is 0 Å². The number of guanidine groups is 1. The number of nitrogens with one attached hydrogen (secondary N) is 2. The molecule has 0 aromatic heterocycles. The summed E-state index contributed by atoms with van der Waals surface area (Å²) in [6, 6.07) is 5.28. The number of nitrogens with two attached hydrogens (primary N) is 1. The Morgan fingerprint density at radius 3 is 2.75 bits per heavy atom. The average Bonchev–Trinajstić information content (AvgIpc) is 2.42. The SMILES string of the molecule is CCCc1cccc(OCC)c1NC(=O)NC(N)=NC. The molecule has 0 aliphatic rings. The molecule has 4 N–H and O–H groups in total. The number of benzene rings is 1. The van der Waals surface area contributed by atoms with Crippen molar-refractivity contribution >= 4 is 17.7 Å². The number of hydrogen-bond donors (Lipinski definition) is 3. The number of carbonyl (C=O) groups is 1. The molecule has 0 unspecified atom stereocenters. The summed E-state index contributed by atoms with van der Waals surface area (Å²) in [6.07, 6.45) is 1.83. The third-order valence-corrected chi connectivity index (χ3v) is 2.65. The molecule has 1 aromatic rings. The molecule has 0 radical (unpaired) electrons. The first kappa shape index (κ1) is 15.8. The van der Waals surface area contributed by atoms with Gasteiger partial charge in [-0.1, -0.05) is 25.5 Å². The highest BCUT2D eigenvalue weighted by molar-refractivity contribution is 6.02. The second kappa shape index (κ2) is 8.04. The molecule has 6 heteroatoms. The molecule has 0 fully saturated rings. The van der Waals surface area contributed by atoms with Crippen molar-refractivity contribution in [2.75, 3.05) is 19.0 Å². The minimum atomic E-state index is -0.433. The minimum absolute atomic E-state index is 0.0634. The Labute approximate surface area is 119 Å². The lowest BCUT2D eigenvalue weighted by Crippen LogP contribution is -2.39. The van der Waals surface area contributed by atoms with Crippen molar-refractivity contribution in [2.45, 2.75) is 26.7 Å². The van der Waals surface area contributed by atoms with E-state index in [1.807, 2.05) is 25.1 Å². The predicted molar refractivity (Wildman–Crippen MR) is 81.3 cm³/mol. The number of aliphatic imine (C=N–C) groups is 1. The van der Waals surface area contributed by atoms with Gasteiger partial charge in [-0.3, -0.25) is 10.3 Å². The Hall–Kier alpha value is -2.24. The minimum Gasteiger partial charge on any atom is -0.492 e. The monoisotopic (exact) mass is 278 g/mol. The number of ether oxygens (including phenoxy) is 1. The maximum Gasteiger partial charge on any atom is 0.326 e. The van der Waals surface area contributed by atoms with Crippen molar-refractivity contribution in [3.05, 3.63) is 23.8 Å². The lowest BCUT2D eigenvalue weighted by atomic mass is 10.1. The lowest BCUT2D eigenvalue weighted by molar-refractivity contribution is 0.255. The Bertz CT molecular complexity index is 462. The summed E-state index contributed by atoms with van der Waals surface area (Å²) in [5.41, 5.74) is 7.17. The Morgan fingerprint density at radius 1 is 1.40 bits per heavy atom. The molecule has 0 bridgehead atoms. The Morgan fingerprint density at radius 2 is 2.15 bits per heavy atom. The van der Waals surface area contributed by atoms with Crippen molar-refractivity contribution in [1.29, 1.82) is 0 Å². The van der Waals surface area contributed by atoms with Crippen molar-refractivity contribution in [3.63, 3.8) is 0 Å². The van der Waals surface area contributed by atoms with Gasteiger partial charge in [0.15, 0.2) is 5.96 Å². The number of carbonyl (C=O) groups excluding carboxylic acids is 1. The van der Waals surface area contributed by atoms with Crippen LogP contribution in [0.2, 0.25) is 0 Å². The highest BCUT2D eigenvalue weighted by atomic mass is 16.5. The molecule has 20 heavy (non-hydrogen) atoms. The van der Waals surface area contributed by atoms with Crippen LogP contribution >= 0.6 is 0 Å². The summed E-state index contributed by atoms with van der Waals surface area (Å²) in [6.45, 7) is 4.52. The van der Waals surface area contributed by atoms with Crippen LogP contribution in [0.4, 0.5) is 10.5 Å². The fourth-order valence-electron chi connectivity index (χ4n) is 1.79. The first-order valence-corrected chi connectivity index (χ1v) is 6.67. The molecule has 0 saturated heterocycles. The zero-order valence-corrected chi connectivity index (χ0v) is 12.2. The van der Waals surface area contributed by atoms with E-state index in [9.17, 15) is 4.79 Å². The Kier molecular flexibility index (Phi) is 6.36. The van der Waals surface area contributed by atoms with E-state index in [2.05, 4.69) is 22.5 Å². The van der Waals surface area contributed by atoms with Crippen LogP contribution in [0.1, 0.15) is 25.8 Å². The maximum absolute atomic E-state index is 11.9. The number of para-hydroxylation sites is 1. The number of aryl methyl sites for hydroxylation is 1. The zero-order valence-electron chi connectivity index (χ0n) is 12.2. The van der Waals surface area contributed by atoms with E-state index < -0.39 is 6.03 Å². The summed E-state index contributed by atoms with van der Waals surface area (Å²) >= 11 is 0. The van der Waals surface area contributed by atoms with Gasteiger partial charge in [-0.05, 0) is 25.0 Å². The van der Waals surface area contributed by atoms with Crippen molar-refractivity contribution < 1.29 is 9.53 Å². The fourth-order valence-corrected chi connectivity index (χ4v) is 1.79. The van der Waals surface area contributed by atoms with Gasteiger partial charge in [0.2, 0.25) is 0 Å². The second-order valence-corrected chi connectivity index (χ2v) is 4.16. The average molecular weight is 278 g/mol. The second-order valence-electron chi connectivity index (χ2n) is 4.16. The van der Waals surface area contributed by atoms with Crippen molar-refractivity contribution in [2.24, 2.45) is 10.7 Å². The molecule has 1 aromatic carbocycles. The molecular formula is C14H22N4O2. The largest absolute Gasteiger partial charge is 0.492 e. The van der Waals surface area contributed by atoms with Crippen LogP contribution in [0.5, 0.6) is 5.75 Å². The smallest absolute Gasteiger partial charge is 0.326 e. The van der Waals surface area contributed by atoms with Gasteiger partial charge in [0.1, 0.15) is 5.75 Å². The first-order chi connectivity index (χ1) is 9.62. The van der Waals surface area contributed by atoms with Gasteiger partial charge in [0.25, 0.3) is 0 Å². The standard InChI is InChI=1S/C14H22N4O2/c1-4-7-10-8-6-9-11(20-5-2)12(10)17-14(19)18-13(15)16-3/h6,8-9H,4-5,7H2,1-3H3,(H4,15,16,17,18,19). The molecule has 1 rings (SSSR count). The number of amides is 2. The number of urea groups is 1. The van der Waals surface area contributed by atoms with E-state index in [-0.39, 0.29) is 5.96 Å². The molecular weight excluding hydrogens is 256 g/mol. The van der Waals surface area contributed by atoms with Gasteiger partial charge < -0.3 is 15.8 Å². The molecule has 0 aliphatic carbocycles. The van der Waals surface area contributed by atoms with Crippen molar-refractivity contribution in [1.82, 2.24) is 5.32 Å². The lowest BCUT2D eigenvalue weighted by Gasteiger charge is -2.16. The van der Waals surface area contributed by atoms with Gasteiger partial charge in [-0.25, -0.2) is 4.79 Å². The first-order valence-electron chi connectivity index (χ1n) is 6.67. The highest BCUT2D eigenvalue weighted by Crippen LogP contribution is 2.29. The molecule has 6 nitrogen and oxygen atoms in total. The van der Waals surface area contributed by atoms with Crippen LogP contribution in [0.15, 0.2) is 23.2 Å². The summed E-state index contributed by atoms with van der Waals surface area (Å²) in [4.78, 5) is 15.5. The summed E-state index contributed by atoms with van der Waals surface area (Å²) in [5, 5.41) is 5.22. The molecule has 2 amide bonds. The van der Waals surface area contributed by atoms with E-state index in [1.54, 1.807) is 0 Å². The van der Waals surface area contributed by atoms with Crippen LogP contribution < -0.4 is 21.1 Å². The normalized spacial score (nSPS) is 11.1. The van der Waals surface area contributed by atoms with Gasteiger partial charge in [0.05, 0.1) is 12.3 Å². The molecule has 0 heterocycles. The third-order valence-electron chi connectivity index (χ3n) is 2.65. The van der Waals surface area contributed by atoms with E-state index >= 15 is 0 Å². The van der Waals surface area contributed by atoms with Gasteiger partial charge >= 0.3 is 6.03 Å². The van der Waals surface area contributed by atoms with E-state index in [0.29, 0.717) is 18.0 Å². The molecule has 0 saturated carbocycles. The van der Waals surface area contributed by atoms with E-state index in [4.69, 9.17) is 10.5 Å². The van der Waals surface area contributed by atoms with Crippen LogP contribution in [-0.2, 0) is 6.42 Å². The predicted octanol–water partition coefficient (Wildman–Crippen LogP) is 2.10. The molecule has 110 valence electrons. The molecule has 0 atom stereocenters. The number of anilines is 1. The van der Waals surface area contributed by atoms with E-state index in [1.165, 1.54) is 7.05 Å². The molecule has 0 spiro atoms. The van der Waals surface area contributed by atoms with Gasteiger partial charge in [0, 0.05) is 7.05 Å². The van der Waals surface area contributed by atoms with Gasteiger partial charge in [-0.2, -0.15) is 0 Å². The van der Waals surface area contributed by atoms with Crippen molar-refractivity contribution in [3.8, 4) is 5.75 Å².